The number of aromatic nitrogens is 2. The van der Waals surface area contributed by atoms with Crippen LogP contribution < -0.4 is 10.2 Å². The predicted octanol–water partition coefficient (Wildman–Crippen LogP) is 2.97. The maximum absolute atomic E-state index is 4.59. The number of nitrogens with one attached hydrogen (secondary N) is 1. The number of nitrogens with zero attached hydrogens (tertiary/aromatic N) is 3. The molecule has 1 aromatic carbocycles. The number of anilines is 1. The smallest absolute Gasteiger partial charge is 0.139 e. The van der Waals surface area contributed by atoms with Gasteiger partial charge in [0.05, 0.1) is 5.52 Å². The maximum atomic E-state index is 4.59. The second-order valence-corrected chi connectivity index (χ2v) is 7.20. The minimum absolute atomic E-state index is 0.495. The Morgan fingerprint density at radius 2 is 2.00 bits per heavy atom. The molecule has 4 nitrogen and oxygen atoms in total. The van der Waals surface area contributed by atoms with Crippen LogP contribution in [0.4, 0.5) is 5.82 Å². The van der Waals surface area contributed by atoms with Crippen molar-refractivity contribution in [1.82, 2.24) is 15.3 Å². The Hall–Kier alpha value is -1.20. The Kier molecular flexibility index (Phi) is 3.34. The molecule has 0 atom stereocenters. The Bertz CT molecular complexity index is 666. The summed E-state index contributed by atoms with van der Waals surface area (Å²) in [5, 5.41) is 4.63. The predicted molar refractivity (Wildman–Crippen MR) is 88.6 cm³/mol. The van der Waals surface area contributed by atoms with Crippen molar-refractivity contribution in [2.24, 2.45) is 5.41 Å². The summed E-state index contributed by atoms with van der Waals surface area (Å²) in [7, 11) is 0. The van der Waals surface area contributed by atoms with Gasteiger partial charge in [-0.15, -0.1) is 0 Å². The standard InChI is InChI=1S/C16H19BrN4/c17-12-1-2-14-13(9-12)15(20-11-19-14)21-8-5-16(10-21)3-6-18-7-4-16/h1-2,9,11,18H,3-8,10H2. The van der Waals surface area contributed by atoms with Crippen LogP contribution >= 0.6 is 15.9 Å². The molecule has 4 rings (SSSR count). The molecule has 0 unspecified atom stereocenters. The lowest BCUT2D eigenvalue weighted by Crippen LogP contribution is -2.38. The Morgan fingerprint density at radius 1 is 1.14 bits per heavy atom. The van der Waals surface area contributed by atoms with E-state index in [-0.39, 0.29) is 0 Å². The minimum Gasteiger partial charge on any atom is -0.355 e. The van der Waals surface area contributed by atoms with Crippen molar-refractivity contribution < 1.29 is 0 Å². The van der Waals surface area contributed by atoms with Crippen LogP contribution in [0.5, 0.6) is 0 Å². The van der Waals surface area contributed by atoms with Gasteiger partial charge < -0.3 is 10.2 Å². The van der Waals surface area contributed by atoms with Crippen LogP contribution in [-0.4, -0.2) is 36.1 Å². The fraction of sp³-hybridized carbons (Fsp3) is 0.500. The average Bonchev–Trinajstić information content (AvgIpc) is 2.91. The summed E-state index contributed by atoms with van der Waals surface area (Å²) in [5.74, 6) is 1.09. The molecule has 3 heterocycles. The van der Waals surface area contributed by atoms with E-state index >= 15 is 0 Å². The number of halogens is 1. The molecule has 1 aromatic heterocycles. The molecule has 2 aromatic rings. The molecular weight excluding hydrogens is 328 g/mol. The summed E-state index contributed by atoms with van der Waals surface area (Å²) in [6.07, 6.45) is 5.56. The van der Waals surface area contributed by atoms with Crippen molar-refractivity contribution in [1.29, 1.82) is 0 Å². The monoisotopic (exact) mass is 346 g/mol. The van der Waals surface area contributed by atoms with Crippen molar-refractivity contribution in [3.8, 4) is 0 Å². The third-order valence-electron chi connectivity index (χ3n) is 4.98. The molecule has 2 aliphatic rings. The molecule has 2 aliphatic heterocycles. The van der Waals surface area contributed by atoms with Crippen LogP contribution in [0.15, 0.2) is 29.0 Å². The maximum Gasteiger partial charge on any atom is 0.139 e. The van der Waals surface area contributed by atoms with Gasteiger partial charge in [-0.1, -0.05) is 15.9 Å². The van der Waals surface area contributed by atoms with Gasteiger partial charge in [-0.05, 0) is 56.0 Å². The number of hydrogen-bond donors (Lipinski definition) is 1. The molecule has 0 bridgehead atoms. The largest absolute Gasteiger partial charge is 0.355 e. The van der Waals surface area contributed by atoms with Gasteiger partial charge in [0, 0.05) is 22.9 Å². The normalized spacial score (nSPS) is 21.3. The summed E-state index contributed by atoms with van der Waals surface area (Å²) < 4.78 is 1.09. The van der Waals surface area contributed by atoms with Gasteiger partial charge in [-0.2, -0.15) is 0 Å². The molecule has 0 amide bonds. The van der Waals surface area contributed by atoms with Crippen LogP contribution in [0.2, 0.25) is 0 Å². The molecule has 1 spiro atoms. The van der Waals surface area contributed by atoms with Crippen LogP contribution in [-0.2, 0) is 0 Å². The Labute approximate surface area is 133 Å². The molecule has 21 heavy (non-hydrogen) atoms. The highest BCUT2D eigenvalue weighted by atomic mass is 79.9. The lowest BCUT2D eigenvalue weighted by Gasteiger charge is -2.33. The number of benzene rings is 1. The first kappa shape index (κ1) is 13.5. The topological polar surface area (TPSA) is 41.1 Å². The van der Waals surface area contributed by atoms with E-state index in [0.29, 0.717) is 5.41 Å². The highest BCUT2D eigenvalue weighted by Gasteiger charge is 2.39. The average molecular weight is 347 g/mol. The van der Waals surface area contributed by atoms with E-state index in [2.05, 4.69) is 48.2 Å². The summed E-state index contributed by atoms with van der Waals surface area (Å²) in [6, 6.07) is 6.23. The summed E-state index contributed by atoms with van der Waals surface area (Å²) in [4.78, 5) is 11.4. The van der Waals surface area contributed by atoms with Crippen molar-refractivity contribution >= 4 is 32.7 Å². The first-order valence-electron chi connectivity index (χ1n) is 7.62. The van der Waals surface area contributed by atoms with Crippen LogP contribution in [0, 0.1) is 5.41 Å². The SMILES string of the molecule is Brc1ccc2ncnc(N3CCC4(CCNCC4)C3)c2c1. The zero-order valence-corrected chi connectivity index (χ0v) is 13.6. The van der Waals surface area contributed by atoms with Crippen LogP contribution in [0.1, 0.15) is 19.3 Å². The third kappa shape index (κ3) is 2.42. The second kappa shape index (κ2) is 5.21. The third-order valence-corrected chi connectivity index (χ3v) is 5.47. The van der Waals surface area contributed by atoms with Crippen molar-refractivity contribution in [3.05, 3.63) is 29.0 Å². The van der Waals surface area contributed by atoms with Gasteiger partial charge >= 0.3 is 0 Å². The lowest BCUT2D eigenvalue weighted by atomic mass is 9.78. The molecule has 5 heteroatoms. The van der Waals surface area contributed by atoms with E-state index in [4.69, 9.17) is 0 Å². The van der Waals surface area contributed by atoms with Gasteiger partial charge in [0.15, 0.2) is 0 Å². The zero-order chi connectivity index (χ0) is 14.3. The second-order valence-electron chi connectivity index (χ2n) is 6.28. The van der Waals surface area contributed by atoms with E-state index in [1.54, 1.807) is 6.33 Å². The quantitative estimate of drug-likeness (QED) is 0.861. The van der Waals surface area contributed by atoms with E-state index in [0.717, 1.165) is 47.4 Å². The number of rotatable bonds is 1. The zero-order valence-electron chi connectivity index (χ0n) is 12.0. The van der Waals surface area contributed by atoms with E-state index < -0.39 is 0 Å². The van der Waals surface area contributed by atoms with Crippen molar-refractivity contribution in [3.63, 3.8) is 0 Å². The minimum atomic E-state index is 0.495. The molecule has 110 valence electrons. The first-order chi connectivity index (χ1) is 10.3. The van der Waals surface area contributed by atoms with E-state index in [1.807, 2.05) is 6.07 Å². The van der Waals surface area contributed by atoms with Crippen molar-refractivity contribution in [2.45, 2.75) is 19.3 Å². The molecular formula is C16H19BrN4. The van der Waals surface area contributed by atoms with Crippen LogP contribution in [0.25, 0.3) is 10.9 Å². The summed E-state index contributed by atoms with van der Waals surface area (Å²) >= 11 is 3.56. The molecule has 0 saturated carbocycles. The molecule has 0 radical (unpaired) electrons. The van der Waals surface area contributed by atoms with E-state index in [9.17, 15) is 0 Å². The lowest BCUT2D eigenvalue weighted by molar-refractivity contribution is 0.232. The Morgan fingerprint density at radius 3 is 2.86 bits per heavy atom. The number of piperidine rings is 1. The molecule has 1 N–H and O–H groups in total. The van der Waals surface area contributed by atoms with E-state index in [1.165, 1.54) is 19.3 Å². The highest BCUT2D eigenvalue weighted by molar-refractivity contribution is 9.10. The fourth-order valence-corrected chi connectivity index (χ4v) is 4.11. The van der Waals surface area contributed by atoms with Gasteiger partial charge in [-0.3, -0.25) is 0 Å². The van der Waals surface area contributed by atoms with Crippen molar-refractivity contribution in [2.75, 3.05) is 31.1 Å². The fourth-order valence-electron chi connectivity index (χ4n) is 3.75. The molecule has 2 saturated heterocycles. The first-order valence-corrected chi connectivity index (χ1v) is 8.41. The molecule has 0 aliphatic carbocycles. The Balaban J connectivity index is 1.69. The van der Waals surface area contributed by atoms with Gasteiger partial charge in [0.2, 0.25) is 0 Å². The number of fused-ring (bicyclic) bond motifs is 1. The van der Waals surface area contributed by atoms with Gasteiger partial charge in [0.1, 0.15) is 12.1 Å². The summed E-state index contributed by atoms with van der Waals surface area (Å²) in [6.45, 7) is 4.56. The molecule has 2 fully saturated rings. The van der Waals surface area contributed by atoms with Gasteiger partial charge in [-0.25, -0.2) is 9.97 Å². The number of hydrogen-bond acceptors (Lipinski definition) is 4. The van der Waals surface area contributed by atoms with Crippen LogP contribution in [0.3, 0.4) is 0 Å². The highest BCUT2D eigenvalue weighted by Crippen LogP contribution is 2.41. The summed E-state index contributed by atoms with van der Waals surface area (Å²) in [5.41, 5.74) is 1.52. The van der Waals surface area contributed by atoms with Gasteiger partial charge in [0.25, 0.3) is 0 Å².